The van der Waals surface area contributed by atoms with Gasteiger partial charge in [0, 0.05) is 37.8 Å². The maximum absolute atomic E-state index is 12.6. The molecule has 2 fully saturated rings. The Morgan fingerprint density at radius 3 is 2.37 bits per heavy atom. The number of amides is 1. The van der Waals surface area contributed by atoms with E-state index in [9.17, 15) is 26.4 Å². The first-order valence-electron chi connectivity index (χ1n) is 8.82. The molecule has 0 radical (unpaired) electrons. The summed E-state index contributed by atoms with van der Waals surface area (Å²) in [4.78, 5) is 11.7. The van der Waals surface area contributed by atoms with Crippen molar-refractivity contribution in [1.29, 1.82) is 0 Å². The van der Waals surface area contributed by atoms with E-state index in [-0.39, 0.29) is 11.6 Å². The van der Waals surface area contributed by atoms with Gasteiger partial charge >= 0.3 is 6.18 Å². The number of hydrogen-bond donors (Lipinski definition) is 2. The van der Waals surface area contributed by atoms with Crippen LogP contribution < -0.4 is 5.32 Å². The van der Waals surface area contributed by atoms with Gasteiger partial charge in [-0.2, -0.15) is 35.3 Å². The van der Waals surface area contributed by atoms with Crippen LogP contribution in [0.1, 0.15) is 47.8 Å². The van der Waals surface area contributed by atoms with Crippen LogP contribution in [-0.4, -0.2) is 72.0 Å². The van der Waals surface area contributed by atoms with Crippen LogP contribution in [0.4, 0.5) is 13.2 Å². The molecule has 3 heterocycles. The van der Waals surface area contributed by atoms with E-state index in [1.807, 2.05) is 0 Å². The first kappa shape index (κ1) is 20.1. The fourth-order valence-corrected chi connectivity index (χ4v) is 5.13. The predicted molar refractivity (Wildman–Crippen MR) is 90.3 cm³/mol. The molecule has 3 rings (SSSR count). The van der Waals surface area contributed by atoms with Crippen LogP contribution in [0.25, 0.3) is 0 Å². The third-order valence-electron chi connectivity index (χ3n) is 4.89. The molecule has 0 saturated carbocycles. The lowest BCUT2D eigenvalue weighted by molar-refractivity contribution is -0.123. The quantitative estimate of drug-likeness (QED) is 0.764. The summed E-state index contributed by atoms with van der Waals surface area (Å²) in [6.07, 6.45) is -1.62. The van der Waals surface area contributed by atoms with Gasteiger partial charge in [-0.25, -0.2) is 0 Å². The van der Waals surface area contributed by atoms with Gasteiger partial charge in [-0.15, -0.1) is 0 Å². The summed E-state index contributed by atoms with van der Waals surface area (Å²) in [5.41, 5.74) is 0.520. The molecule has 152 valence electrons. The minimum Gasteiger partial charge on any atom is -0.342 e. The topological polar surface area (TPSA) is 98.4 Å². The van der Waals surface area contributed by atoms with Gasteiger partial charge < -0.3 is 5.32 Å². The number of nitrogens with zero attached hydrogens (tertiary/aromatic N) is 3. The van der Waals surface area contributed by atoms with Crippen LogP contribution in [0.5, 0.6) is 0 Å². The minimum atomic E-state index is -4.48. The van der Waals surface area contributed by atoms with Gasteiger partial charge in [-0.3, -0.25) is 9.89 Å². The summed E-state index contributed by atoms with van der Waals surface area (Å²) < 4.78 is 64.6. The lowest BCUT2D eigenvalue weighted by Crippen LogP contribution is -2.45. The Kier molecular flexibility index (Phi) is 5.77. The Labute approximate surface area is 155 Å². The standard InChI is InChI=1S/C15H22F3N5O3S/c16-15(17,18)10-19-14(24)13-9-12(20-21-13)11-3-7-23(8-4-11)27(25,26)22-5-1-2-6-22/h9,11H,1-8,10H2,(H,19,24)(H,20,21). The second-order valence-corrected chi connectivity index (χ2v) is 8.72. The number of alkyl halides is 3. The van der Waals surface area contributed by atoms with E-state index in [4.69, 9.17) is 0 Å². The Morgan fingerprint density at radius 1 is 1.19 bits per heavy atom. The molecule has 0 atom stereocenters. The second-order valence-electron chi connectivity index (χ2n) is 6.79. The summed E-state index contributed by atoms with van der Waals surface area (Å²) in [5, 5.41) is 8.24. The number of nitrogens with one attached hydrogen (secondary N) is 2. The van der Waals surface area contributed by atoms with Crippen LogP contribution in [0.15, 0.2) is 6.07 Å². The van der Waals surface area contributed by atoms with Crippen LogP contribution in [0.3, 0.4) is 0 Å². The summed E-state index contributed by atoms with van der Waals surface area (Å²) in [7, 11) is -3.43. The molecular formula is C15H22F3N5O3S. The van der Waals surface area contributed by atoms with Gasteiger partial charge in [0.1, 0.15) is 12.2 Å². The fourth-order valence-electron chi connectivity index (χ4n) is 3.41. The van der Waals surface area contributed by atoms with E-state index in [1.54, 1.807) is 5.32 Å². The van der Waals surface area contributed by atoms with E-state index in [1.165, 1.54) is 14.7 Å². The van der Waals surface area contributed by atoms with E-state index in [2.05, 4.69) is 10.2 Å². The van der Waals surface area contributed by atoms with Crippen molar-refractivity contribution in [2.45, 2.75) is 37.8 Å². The summed E-state index contributed by atoms with van der Waals surface area (Å²) >= 11 is 0. The maximum atomic E-state index is 12.6. The van der Waals surface area contributed by atoms with Crippen molar-refractivity contribution < 1.29 is 26.4 Å². The normalized spacial score (nSPS) is 20.9. The van der Waals surface area contributed by atoms with Crippen molar-refractivity contribution in [2.75, 3.05) is 32.7 Å². The Hall–Kier alpha value is -1.66. The van der Waals surface area contributed by atoms with Crippen molar-refractivity contribution in [1.82, 2.24) is 24.1 Å². The number of hydrogen-bond acceptors (Lipinski definition) is 4. The number of carbonyl (C=O) groups excluding carboxylic acids is 1. The van der Waals surface area contributed by atoms with Crippen LogP contribution >= 0.6 is 0 Å². The summed E-state index contributed by atoms with van der Waals surface area (Å²) in [6, 6.07) is 1.43. The first-order chi connectivity index (χ1) is 12.7. The molecule has 27 heavy (non-hydrogen) atoms. The van der Waals surface area contributed by atoms with E-state index in [0.29, 0.717) is 44.7 Å². The van der Waals surface area contributed by atoms with Crippen molar-refractivity contribution in [3.63, 3.8) is 0 Å². The molecule has 2 aliphatic heterocycles. The van der Waals surface area contributed by atoms with Crippen LogP contribution in [0.2, 0.25) is 0 Å². The molecule has 12 heteroatoms. The average Bonchev–Trinajstić information content (AvgIpc) is 3.31. The second kappa shape index (κ2) is 7.76. The van der Waals surface area contributed by atoms with Crippen molar-refractivity contribution >= 4 is 16.1 Å². The molecule has 2 aliphatic rings. The molecule has 1 aromatic heterocycles. The van der Waals surface area contributed by atoms with Crippen LogP contribution in [-0.2, 0) is 10.2 Å². The molecule has 1 amide bonds. The third-order valence-corrected chi connectivity index (χ3v) is 6.93. The van der Waals surface area contributed by atoms with Gasteiger partial charge in [-0.05, 0) is 31.7 Å². The van der Waals surface area contributed by atoms with E-state index < -0.39 is 28.8 Å². The lowest BCUT2D eigenvalue weighted by atomic mass is 9.94. The molecule has 2 N–H and O–H groups in total. The molecule has 0 aromatic carbocycles. The Morgan fingerprint density at radius 2 is 1.78 bits per heavy atom. The smallest absolute Gasteiger partial charge is 0.342 e. The van der Waals surface area contributed by atoms with Gasteiger partial charge in [0.15, 0.2) is 0 Å². The van der Waals surface area contributed by atoms with Gasteiger partial charge in [0.25, 0.3) is 16.1 Å². The fraction of sp³-hybridized carbons (Fsp3) is 0.733. The summed E-state index contributed by atoms with van der Waals surface area (Å²) in [5.74, 6) is -0.921. The van der Waals surface area contributed by atoms with Crippen molar-refractivity contribution in [3.8, 4) is 0 Å². The van der Waals surface area contributed by atoms with Gasteiger partial charge in [-0.1, -0.05) is 0 Å². The van der Waals surface area contributed by atoms with Crippen molar-refractivity contribution in [3.05, 3.63) is 17.5 Å². The highest BCUT2D eigenvalue weighted by Crippen LogP contribution is 2.29. The van der Waals surface area contributed by atoms with Gasteiger partial charge in [0.2, 0.25) is 0 Å². The van der Waals surface area contributed by atoms with Crippen LogP contribution in [0, 0.1) is 0 Å². The Balaban J connectivity index is 1.56. The number of carbonyl (C=O) groups is 1. The molecule has 1 aromatic rings. The zero-order valence-corrected chi connectivity index (χ0v) is 15.4. The number of halogens is 3. The minimum absolute atomic E-state index is 0.0216. The van der Waals surface area contributed by atoms with Gasteiger partial charge in [0.05, 0.1) is 0 Å². The molecule has 0 aliphatic carbocycles. The maximum Gasteiger partial charge on any atom is 0.405 e. The van der Waals surface area contributed by atoms with E-state index in [0.717, 1.165) is 12.8 Å². The zero-order chi connectivity index (χ0) is 19.7. The van der Waals surface area contributed by atoms with E-state index >= 15 is 0 Å². The molecular weight excluding hydrogens is 387 g/mol. The SMILES string of the molecule is O=C(NCC(F)(F)F)c1cc(C2CCN(S(=O)(=O)N3CCCC3)CC2)[nH]n1. The monoisotopic (exact) mass is 409 g/mol. The highest BCUT2D eigenvalue weighted by atomic mass is 32.2. The molecule has 8 nitrogen and oxygen atoms in total. The molecule has 0 spiro atoms. The molecule has 0 unspecified atom stereocenters. The Bertz CT molecular complexity index is 766. The molecule has 0 bridgehead atoms. The first-order valence-corrected chi connectivity index (χ1v) is 10.2. The number of aromatic nitrogens is 2. The highest BCUT2D eigenvalue weighted by Gasteiger charge is 2.35. The number of aromatic amines is 1. The summed E-state index contributed by atoms with van der Waals surface area (Å²) in [6.45, 7) is 0.412. The number of rotatable bonds is 5. The highest BCUT2D eigenvalue weighted by molar-refractivity contribution is 7.86. The largest absolute Gasteiger partial charge is 0.405 e. The lowest BCUT2D eigenvalue weighted by Gasteiger charge is -2.33. The zero-order valence-electron chi connectivity index (χ0n) is 14.6. The van der Waals surface area contributed by atoms with Crippen molar-refractivity contribution in [2.24, 2.45) is 0 Å². The average molecular weight is 409 g/mol. The third kappa shape index (κ3) is 4.79. The number of piperidine rings is 1. The molecule has 2 saturated heterocycles. The number of H-pyrrole nitrogens is 1. The predicted octanol–water partition coefficient (Wildman–Crippen LogP) is 1.22.